The van der Waals surface area contributed by atoms with Crippen LogP contribution in [-0.4, -0.2) is 41.2 Å². The van der Waals surface area contributed by atoms with Gasteiger partial charge in [0.1, 0.15) is 11.8 Å². The van der Waals surface area contributed by atoms with Gasteiger partial charge in [-0.1, -0.05) is 48.6 Å². The van der Waals surface area contributed by atoms with Gasteiger partial charge in [-0.25, -0.2) is 0 Å². The van der Waals surface area contributed by atoms with Crippen LogP contribution in [0.3, 0.4) is 0 Å². The Hall–Kier alpha value is -3.67. The molecule has 0 radical (unpaired) electrons. The Labute approximate surface area is 200 Å². The van der Waals surface area contributed by atoms with Crippen LogP contribution in [0.2, 0.25) is 0 Å². The molecular formula is C28H30N2O4. The van der Waals surface area contributed by atoms with Gasteiger partial charge in [0.2, 0.25) is 5.91 Å². The summed E-state index contributed by atoms with van der Waals surface area (Å²) >= 11 is 0. The first-order valence-electron chi connectivity index (χ1n) is 11.4. The summed E-state index contributed by atoms with van der Waals surface area (Å²) < 4.78 is 5.25. The van der Waals surface area contributed by atoms with Crippen molar-refractivity contribution >= 4 is 17.6 Å². The van der Waals surface area contributed by atoms with E-state index in [-0.39, 0.29) is 24.1 Å². The number of likely N-dealkylation sites (tertiary alicyclic amines) is 1. The van der Waals surface area contributed by atoms with Crippen LogP contribution in [-0.2, 0) is 21.5 Å². The van der Waals surface area contributed by atoms with E-state index in [1.165, 1.54) is 6.08 Å². The molecule has 1 N–H and O–H groups in total. The Balaban J connectivity index is 1.90. The lowest BCUT2D eigenvalue weighted by atomic mass is 9.66. The number of ether oxygens (including phenoxy) is 1. The molecule has 176 valence electrons. The number of nitrogens with one attached hydrogen (secondary N) is 1. The molecule has 2 aromatic carbocycles. The van der Waals surface area contributed by atoms with Crippen LogP contribution < -0.4 is 10.1 Å². The molecule has 34 heavy (non-hydrogen) atoms. The summed E-state index contributed by atoms with van der Waals surface area (Å²) in [6.07, 6.45) is 5.00. The number of hydrogen-bond donors (Lipinski definition) is 1. The van der Waals surface area contributed by atoms with Crippen LogP contribution in [0.15, 0.2) is 72.3 Å². The third-order valence-corrected chi connectivity index (χ3v) is 6.36. The van der Waals surface area contributed by atoms with Crippen molar-refractivity contribution < 1.29 is 19.1 Å². The van der Waals surface area contributed by atoms with Gasteiger partial charge in [0.25, 0.3) is 5.91 Å². The lowest BCUT2D eigenvalue weighted by molar-refractivity contribution is -0.136. The largest absolute Gasteiger partial charge is 0.497 e. The SMILES string of the molecule is C/C=C1\C(=O)N(Cc2ccc(OC)cc2)C(C(=O)NC(C)(C)C)C12C=CC(=O)c1ccccc12. The minimum atomic E-state index is -1.07. The van der Waals surface area contributed by atoms with Crippen LogP contribution in [0.4, 0.5) is 0 Å². The summed E-state index contributed by atoms with van der Waals surface area (Å²) in [7, 11) is 1.60. The first-order chi connectivity index (χ1) is 16.1. The molecule has 0 bridgehead atoms. The molecule has 2 amide bonds. The quantitative estimate of drug-likeness (QED) is 0.704. The van der Waals surface area contributed by atoms with Crippen molar-refractivity contribution in [3.8, 4) is 5.75 Å². The lowest BCUT2D eigenvalue weighted by Gasteiger charge is -2.39. The minimum Gasteiger partial charge on any atom is -0.497 e. The number of amides is 2. The first-order valence-corrected chi connectivity index (χ1v) is 11.4. The number of ketones is 1. The highest BCUT2D eigenvalue weighted by Crippen LogP contribution is 2.49. The molecule has 2 aromatic rings. The maximum atomic E-state index is 13.9. The van der Waals surface area contributed by atoms with Crippen LogP contribution in [0.1, 0.15) is 49.2 Å². The van der Waals surface area contributed by atoms with Crippen LogP contribution in [0.25, 0.3) is 0 Å². The number of benzene rings is 2. The molecule has 1 spiro atoms. The van der Waals surface area contributed by atoms with Crippen LogP contribution >= 0.6 is 0 Å². The third kappa shape index (κ3) is 3.83. The van der Waals surface area contributed by atoms with Crippen molar-refractivity contribution in [3.63, 3.8) is 0 Å². The number of methoxy groups -OCH3 is 1. The number of allylic oxidation sites excluding steroid dienone is 2. The molecule has 1 aliphatic carbocycles. The Kier molecular flexibility index (Phi) is 5.94. The van der Waals surface area contributed by atoms with E-state index in [4.69, 9.17) is 4.74 Å². The maximum absolute atomic E-state index is 13.9. The monoisotopic (exact) mass is 458 g/mol. The fourth-order valence-electron chi connectivity index (χ4n) is 5.00. The topological polar surface area (TPSA) is 75.7 Å². The summed E-state index contributed by atoms with van der Waals surface area (Å²) in [5, 5.41) is 3.08. The number of nitrogens with zero attached hydrogens (tertiary/aromatic N) is 1. The average Bonchev–Trinajstić information content (AvgIpc) is 3.03. The normalized spacial score (nSPS) is 22.9. The fourth-order valence-corrected chi connectivity index (χ4v) is 5.00. The third-order valence-electron chi connectivity index (χ3n) is 6.36. The smallest absolute Gasteiger partial charge is 0.251 e. The van der Waals surface area contributed by atoms with E-state index in [1.807, 2.05) is 57.2 Å². The van der Waals surface area contributed by atoms with Gasteiger partial charge in [-0.2, -0.15) is 0 Å². The van der Waals surface area contributed by atoms with E-state index in [0.717, 1.165) is 5.56 Å². The summed E-state index contributed by atoms with van der Waals surface area (Å²) in [5.74, 6) is 0.0979. The number of fused-ring (bicyclic) bond motifs is 2. The van der Waals surface area contributed by atoms with Crippen LogP contribution in [0.5, 0.6) is 5.75 Å². The van der Waals surface area contributed by atoms with Crippen molar-refractivity contribution in [3.05, 3.63) is 89.0 Å². The van der Waals surface area contributed by atoms with E-state index in [0.29, 0.717) is 22.4 Å². The van der Waals surface area contributed by atoms with Gasteiger partial charge < -0.3 is 15.0 Å². The van der Waals surface area contributed by atoms with Gasteiger partial charge in [0.15, 0.2) is 5.78 Å². The summed E-state index contributed by atoms with van der Waals surface area (Å²) in [5.41, 5.74) is 0.982. The fraction of sp³-hybridized carbons (Fsp3) is 0.321. The molecular weight excluding hydrogens is 428 g/mol. The minimum absolute atomic E-state index is 0.132. The molecule has 2 atom stereocenters. The Bertz CT molecular complexity index is 1200. The van der Waals surface area contributed by atoms with Crippen molar-refractivity contribution in [1.82, 2.24) is 10.2 Å². The number of carbonyl (C=O) groups excluding carboxylic acids is 3. The maximum Gasteiger partial charge on any atom is 0.251 e. The number of carbonyl (C=O) groups is 3. The van der Waals surface area contributed by atoms with Crippen molar-refractivity contribution in [1.29, 1.82) is 0 Å². The van der Waals surface area contributed by atoms with Gasteiger partial charge in [-0.3, -0.25) is 14.4 Å². The van der Waals surface area contributed by atoms with E-state index < -0.39 is 17.0 Å². The Morgan fingerprint density at radius 1 is 1.12 bits per heavy atom. The molecule has 4 rings (SSSR count). The van der Waals surface area contributed by atoms with Gasteiger partial charge in [0.05, 0.1) is 12.5 Å². The highest BCUT2D eigenvalue weighted by molar-refractivity contribution is 6.13. The molecule has 2 aliphatic rings. The molecule has 1 aliphatic heterocycles. The first kappa shape index (κ1) is 23.5. The van der Waals surface area contributed by atoms with Crippen molar-refractivity contribution in [2.45, 2.75) is 51.2 Å². The zero-order valence-corrected chi connectivity index (χ0v) is 20.2. The number of hydrogen-bond acceptors (Lipinski definition) is 4. The van der Waals surface area contributed by atoms with Crippen LogP contribution in [0, 0.1) is 0 Å². The predicted octanol–water partition coefficient (Wildman–Crippen LogP) is 3.96. The van der Waals surface area contributed by atoms with E-state index in [9.17, 15) is 14.4 Å². The zero-order chi connectivity index (χ0) is 24.7. The summed E-state index contributed by atoms with van der Waals surface area (Å²) in [4.78, 5) is 42.0. The molecule has 1 fully saturated rings. The van der Waals surface area contributed by atoms with Gasteiger partial charge >= 0.3 is 0 Å². The molecule has 2 unspecified atom stereocenters. The highest BCUT2D eigenvalue weighted by atomic mass is 16.5. The van der Waals surface area contributed by atoms with E-state index in [1.54, 1.807) is 43.2 Å². The van der Waals surface area contributed by atoms with Crippen molar-refractivity contribution in [2.24, 2.45) is 0 Å². The second kappa shape index (κ2) is 8.60. The standard InChI is InChI=1S/C28H30N2O4/c1-6-21-26(33)30(17-18-11-13-19(34-5)14-12-18)24(25(32)29-27(2,3)4)28(21)16-15-23(31)20-9-7-8-10-22(20)28/h6-16,24H,17H2,1-5H3,(H,29,32)/b21-6+. The molecule has 6 nitrogen and oxygen atoms in total. The van der Waals surface area contributed by atoms with E-state index >= 15 is 0 Å². The van der Waals surface area contributed by atoms with Gasteiger partial charge in [-0.15, -0.1) is 0 Å². The molecule has 6 heteroatoms. The molecule has 0 saturated carbocycles. The van der Waals surface area contributed by atoms with Crippen molar-refractivity contribution in [2.75, 3.05) is 7.11 Å². The molecule has 1 heterocycles. The van der Waals surface area contributed by atoms with Gasteiger partial charge in [-0.05, 0) is 57.0 Å². The second-order valence-electron chi connectivity index (χ2n) is 9.74. The van der Waals surface area contributed by atoms with E-state index in [2.05, 4.69) is 5.32 Å². The van der Waals surface area contributed by atoms with Gasteiger partial charge in [0, 0.05) is 23.2 Å². The second-order valence-corrected chi connectivity index (χ2v) is 9.74. The number of rotatable bonds is 4. The highest BCUT2D eigenvalue weighted by Gasteiger charge is 2.60. The molecule has 0 aromatic heterocycles. The lowest BCUT2D eigenvalue weighted by Crippen LogP contribution is -2.57. The molecule has 1 saturated heterocycles. The predicted molar refractivity (Wildman–Crippen MR) is 131 cm³/mol. The zero-order valence-electron chi connectivity index (χ0n) is 20.2. The summed E-state index contributed by atoms with van der Waals surface area (Å²) in [6.45, 7) is 7.78. The Morgan fingerprint density at radius 3 is 2.41 bits per heavy atom. The Morgan fingerprint density at radius 2 is 1.79 bits per heavy atom. The average molecular weight is 459 g/mol. The summed E-state index contributed by atoms with van der Waals surface area (Å²) in [6, 6.07) is 13.8.